The van der Waals surface area contributed by atoms with Crippen molar-refractivity contribution in [2.24, 2.45) is 11.5 Å². The molecule has 0 aliphatic carbocycles. The summed E-state index contributed by atoms with van der Waals surface area (Å²) >= 11 is 3.73. The number of carboxylic acids is 2. The molecule has 90 valence electrons. The minimum atomic E-state index is -1.18. The van der Waals surface area contributed by atoms with Crippen LogP contribution in [0.5, 0.6) is 0 Å². The van der Waals surface area contributed by atoms with Crippen LogP contribution in [0.1, 0.15) is 20.8 Å². The second kappa shape index (κ2) is 5.94. The molecule has 1 atom stereocenters. The van der Waals surface area contributed by atoms with Crippen molar-refractivity contribution in [2.75, 3.05) is 5.75 Å². The predicted molar refractivity (Wildman–Crippen MR) is 60.0 cm³/mol. The van der Waals surface area contributed by atoms with Crippen LogP contribution >= 0.6 is 12.6 Å². The van der Waals surface area contributed by atoms with Gasteiger partial charge in [0.25, 0.3) is 0 Å². The van der Waals surface area contributed by atoms with Gasteiger partial charge in [-0.1, -0.05) is 0 Å². The molecule has 0 amide bonds. The van der Waals surface area contributed by atoms with Gasteiger partial charge in [0.05, 0.1) is 0 Å². The molecule has 0 heterocycles. The highest BCUT2D eigenvalue weighted by molar-refractivity contribution is 7.80. The highest BCUT2D eigenvalue weighted by Gasteiger charge is 2.25. The lowest BCUT2D eigenvalue weighted by Crippen LogP contribution is -2.46. The van der Waals surface area contributed by atoms with E-state index in [1.807, 2.05) is 0 Å². The molecule has 0 aliphatic rings. The monoisotopic (exact) mass is 238 g/mol. The average molecular weight is 238 g/mol. The number of nitrogens with two attached hydrogens (primary N) is 2. The number of thiol groups is 1. The smallest absolute Gasteiger partial charge is 0.324 e. The van der Waals surface area contributed by atoms with Crippen LogP contribution in [-0.4, -0.2) is 39.0 Å². The summed E-state index contributed by atoms with van der Waals surface area (Å²) in [4.78, 5) is 20.0. The maximum Gasteiger partial charge on any atom is 0.324 e. The molecule has 6 N–H and O–H groups in total. The van der Waals surface area contributed by atoms with E-state index in [0.29, 0.717) is 0 Å². The quantitative estimate of drug-likeness (QED) is 0.423. The molecule has 0 radical (unpaired) electrons. The maximum atomic E-state index is 10.1. The highest BCUT2D eigenvalue weighted by Crippen LogP contribution is 1.99. The Morgan fingerprint density at radius 1 is 1.13 bits per heavy atom. The van der Waals surface area contributed by atoms with Gasteiger partial charge in [0.15, 0.2) is 0 Å². The van der Waals surface area contributed by atoms with Crippen LogP contribution < -0.4 is 11.5 Å². The Balaban J connectivity index is 0. The van der Waals surface area contributed by atoms with Gasteiger partial charge >= 0.3 is 11.9 Å². The van der Waals surface area contributed by atoms with Gasteiger partial charge in [0.2, 0.25) is 0 Å². The molecule has 0 rings (SSSR count). The van der Waals surface area contributed by atoms with Crippen LogP contribution in [0.3, 0.4) is 0 Å². The number of hydrogen-bond donors (Lipinski definition) is 5. The minimum absolute atomic E-state index is 0.155. The van der Waals surface area contributed by atoms with Gasteiger partial charge in [0, 0.05) is 5.75 Å². The molecule has 0 saturated carbocycles. The lowest BCUT2D eigenvalue weighted by atomic mass is 10.1. The summed E-state index contributed by atoms with van der Waals surface area (Å²) in [5.74, 6) is -1.84. The Morgan fingerprint density at radius 3 is 1.40 bits per heavy atom. The van der Waals surface area contributed by atoms with Crippen molar-refractivity contribution in [1.29, 1.82) is 0 Å². The van der Waals surface area contributed by atoms with Crippen LogP contribution in [0.15, 0.2) is 0 Å². The van der Waals surface area contributed by atoms with Crippen molar-refractivity contribution in [3.63, 3.8) is 0 Å². The van der Waals surface area contributed by atoms with Crippen molar-refractivity contribution in [3.05, 3.63) is 0 Å². The summed E-state index contributed by atoms with van der Waals surface area (Å²) in [6.45, 7) is 4.30. The predicted octanol–water partition coefficient (Wildman–Crippen LogP) is -0.473. The highest BCUT2D eigenvalue weighted by atomic mass is 32.1. The van der Waals surface area contributed by atoms with E-state index in [9.17, 15) is 9.59 Å². The molecule has 6 nitrogen and oxygen atoms in total. The van der Waals surface area contributed by atoms with Crippen molar-refractivity contribution in [2.45, 2.75) is 31.8 Å². The molecule has 7 heteroatoms. The van der Waals surface area contributed by atoms with Crippen molar-refractivity contribution >= 4 is 24.6 Å². The fourth-order valence-corrected chi connectivity index (χ4v) is 0.203. The first-order valence-electron chi connectivity index (χ1n) is 4.10. The largest absolute Gasteiger partial charge is 0.480 e. The van der Waals surface area contributed by atoms with Crippen LogP contribution in [0.4, 0.5) is 0 Å². The second-order valence-electron chi connectivity index (χ2n) is 3.91. The molecule has 0 aromatic heterocycles. The summed E-state index contributed by atoms with van der Waals surface area (Å²) in [6.07, 6.45) is 0. The van der Waals surface area contributed by atoms with Crippen LogP contribution in [0, 0.1) is 0 Å². The Hall–Kier alpha value is -0.790. The standard InChI is InChI=1S/C4H9NO2S.C4H9NO2/c1-4(5,2-8)3(6)7;1-4(2,5)3(6)7/h8H,2,5H2,1H3,(H,6,7);5H2,1-2H3,(H,6,7)/t4-;/m0./s1. The molecule has 0 fully saturated rings. The number of rotatable bonds is 3. The Labute approximate surface area is 94.0 Å². The van der Waals surface area contributed by atoms with E-state index in [4.69, 9.17) is 21.7 Å². The normalized spacial score (nSPS) is 14.5. The molecular formula is C8H18N2O4S. The van der Waals surface area contributed by atoms with Gasteiger partial charge in [-0.3, -0.25) is 9.59 Å². The summed E-state index contributed by atoms with van der Waals surface area (Å²) in [5, 5.41) is 16.4. The molecule has 0 spiro atoms. The molecule has 0 unspecified atom stereocenters. The first kappa shape index (κ1) is 16.6. The molecule has 0 saturated heterocycles. The minimum Gasteiger partial charge on any atom is -0.480 e. The van der Waals surface area contributed by atoms with E-state index in [0.717, 1.165) is 0 Å². The lowest BCUT2D eigenvalue weighted by Gasteiger charge is -2.14. The number of hydrogen-bond acceptors (Lipinski definition) is 5. The van der Waals surface area contributed by atoms with Gasteiger partial charge in [-0.2, -0.15) is 12.6 Å². The molecule has 15 heavy (non-hydrogen) atoms. The van der Waals surface area contributed by atoms with E-state index in [2.05, 4.69) is 12.6 Å². The van der Waals surface area contributed by atoms with Crippen molar-refractivity contribution in [1.82, 2.24) is 0 Å². The summed E-state index contributed by atoms with van der Waals surface area (Å²) in [6, 6.07) is 0. The molecule has 0 bridgehead atoms. The van der Waals surface area contributed by atoms with Crippen LogP contribution in [0.25, 0.3) is 0 Å². The molecule has 0 aromatic carbocycles. The topological polar surface area (TPSA) is 127 Å². The number of aliphatic carboxylic acids is 2. The first-order valence-corrected chi connectivity index (χ1v) is 4.74. The van der Waals surface area contributed by atoms with Gasteiger partial charge in [-0.15, -0.1) is 0 Å². The summed E-state index contributed by atoms with van der Waals surface area (Å²) in [7, 11) is 0. The third-order valence-corrected chi connectivity index (χ3v) is 2.03. The van der Waals surface area contributed by atoms with Crippen molar-refractivity contribution in [3.8, 4) is 0 Å². The second-order valence-corrected chi connectivity index (χ2v) is 4.22. The van der Waals surface area contributed by atoms with E-state index in [1.165, 1.54) is 20.8 Å². The zero-order valence-electron chi connectivity index (χ0n) is 9.02. The first-order chi connectivity index (χ1) is 6.45. The van der Waals surface area contributed by atoms with E-state index in [1.54, 1.807) is 0 Å². The van der Waals surface area contributed by atoms with Gasteiger partial charge in [-0.05, 0) is 20.8 Å². The van der Waals surface area contributed by atoms with E-state index in [-0.39, 0.29) is 5.75 Å². The number of carboxylic acid groups (broad SMARTS) is 2. The average Bonchev–Trinajstić information content (AvgIpc) is 2.03. The van der Waals surface area contributed by atoms with Gasteiger partial charge in [0.1, 0.15) is 11.1 Å². The Morgan fingerprint density at radius 2 is 1.40 bits per heavy atom. The van der Waals surface area contributed by atoms with Crippen LogP contribution in [0.2, 0.25) is 0 Å². The fourth-order valence-electron chi connectivity index (χ4n) is 0.0676. The SMILES string of the molecule is CC(C)(N)C(=O)O.C[C@](N)(CS)C(=O)O. The summed E-state index contributed by atoms with van der Waals surface area (Å²) < 4.78 is 0. The number of carbonyl (C=O) groups is 2. The maximum absolute atomic E-state index is 10.1. The molecule has 0 aromatic rings. The third-order valence-electron chi connectivity index (χ3n) is 1.37. The summed E-state index contributed by atoms with van der Waals surface area (Å²) in [5.41, 5.74) is 8.00. The Bertz CT molecular complexity index is 235. The zero-order chi connectivity index (χ0) is 12.9. The zero-order valence-corrected chi connectivity index (χ0v) is 9.91. The molecular weight excluding hydrogens is 220 g/mol. The van der Waals surface area contributed by atoms with Gasteiger partial charge in [-0.25, -0.2) is 0 Å². The molecule has 0 aliphatic heterocycles. The van der Waals surface area contributed by atoms with E-state index >= 15 is 0 Å². The van der Waals surface area contributed by atoms with Crippen molar-refractivity contribution < 1.29 is 19.8 Å². The lowest BCUT2D eigenvalue weighted by molar-refractivity contribution is -0.142. The van der Waals surface area contributed by atoms with E-state index < -0.39 is 23.0 Å². The Kier molecular flexibility index (Phi) is 6.59. The third kappa shape index (κ3) is 8.22. The van der Waals surface area contributed by atoms with Gasteiger partial charge < -0.3 is 21.7 Å². The van der Waals surface area contributed by atoms with Crippen LogP contribution in [-0.2, 0) is 9.59 Å². The fraction of sp³-hybridized carbons (Fsp3) is 0.750.